The van der Waals surface area contributed by atoms with E-state index in [0.29, 0.717) is 45.0 Å². The van der Waals surface area contributed by atoms with Crippen LogP contribution in [0.15, 0.2) is 97.1 Å². The molecular weight excluding hydrogens is 533 g/mol. The van der Waals surface area contributed by atoms with Crippen LogP contribution in [0.4, 0.5) is 10.1 Å². The first kappa shape index (κ1) is 25.9. The molecule has 1 aliphatic carbocycles. The maximum Gasteiger partial charge on any atom is 0.186 e. The number of hydrogen-bond acceptors (Lipinski definition) is 6. The normalized spacial score (nSPS) is 21.2. The summed E-state index contributed by atoms with van der Waals surface area (Å²) in [5.74, 6) is -1.23. The second-order valence-electron chi connectivity index (χ2n) is 10.8. The van der Waals surface area contributed by atoms with Gasteiger partial charge in [0, 0.05) is 33.9 Å². The van der Waals surface area contributed by atoms with Crippen LogP contribution in [-0.2, 0) is 0 Å². The van der Waals surface area contributed by atoms with Crippen molar-refractivity contribution >= 4 is 29.1 Å². The van der Waals surface area contributed by atoms with Crippen LogP contribution in [0.3, 0.4) is 0 Å². The first-order valence-corrected chi connectivity index (χ1v) is 13.7. The summed E-state index contributed by atoms with van der Waals surface area (Å²) in [5.41, 5.74) is 1.15. The highest BCUT2D eigenvalue weighted by atomic mass is 19.1. The topological polar surface area (TPSA) is 72.9 Å². The Balaban J connectivity index is 1.55. The second kappa shape index (κ2) is 9.52. The predicted molar refractivity (Wildman–Crippen MR) is 156 cm³/mol. The van der Waals surface area contributed by atoms with E-state index in [9.17, 15) is 18.8 Å². The first-order valence-electron chi connectivity index (χ1n) is 13.7. The molecule has 4 aromatic carbocycles. The third-order valence-electron chi connectivity index (χ3n) is 8.84. The number of hydrogen-bond donors (Lipinski definition) is 0. The van der Waals surface area contributed by atoms with E-state index in [2.05, 4.69) is 0 Å². The molecule has 7 heteroatoms. The molecule has 1 saturated heterocycles. The number of ether oxygens (including phenoxy) is 2. The number of Topliss-reactive ketones (excluding diaryl/α,β-unsaturated/α-hetero) is 3. The van der Waals surface area contributed by atoms with Gasteiger partial charge in [0.25, 0.3) is 0 Å². The molecule has 3 aliphatic rings. The number of halogens is 1. The molecule has 42 heavy (non-hydrogen) atoms. The van der Waals surface area contributed by atoms with Gasteiger partial charge in [0.15, 0.2) is 17.3 Å². The summed E-state index contributed by atoms with van der Waals surface area (Å²) in [6, 6.07) is 23.4. The highest BCUT2D eigenvalue weighted by Crippen LogP contribution is 2.61. The van der Waals surface area contributed by atoms with Crippen LogP contribution in [0.25, 0.3) is 6.08 Å². The quantitative estimate of drug-likeness (QED) is 0.216. The van der Waals surface area contributed by atoms with Crippen molar-refractivity contribution in [2.75, 3.05) is 19.1 Å². The van der Waals surface area contributed by atoms with Crippen molar-refractivity contribution in [3.63, 3.8) is 0 Å². The number of carbonyl (C=O) groups is 3. The third kappa shape index (κ3) is 3.46. The Morgan fingerprint density at radius 1 is 0.810 bits per heavy atom. The summed E-state index contributed by atoms with van der Waals surface area (Å²) in [6.07, 6.45) is 3.52. The maximum atomic E-state index is 14.8. The van der Waals surface area contributed by atoms with Crippen molar-refractivity contribution in [2.24, 2.45) is 5.41 Å². The number of rotatable bonds is 5. The molecule has 2 heterocycles. The van der Waals surface area contributed by atoms with E-state index in [1.54, 1.807) is 92.1 Å². The van der Waals surface area contributed by atoms with Crippen molar-refractivity contribution in [1.29, 1.82) is 0 Å². The third-order valence-corrected chi connectivity index (χ3v) is 8.84. The van der Waals surface area contributed by atoms with Gasteiger partial charge in [-0.15, -0.1) is 0 Å². The van der Waals surface area contributed by atoms with E-state index in [1.807, 2.05) is 11.0 Å². The molecule has 0 aromatic heterocycles. The lowest BCUT2D eigenvalue weighted by Crippen LogP contribution is -2.48. The van der Waals surface area contributed by atoms with E-state index in [0.717, 1.165) is 0 Å². The molecule has 0 radical (unpaired) electrons. The monoisotopic (exact) mass is 559 g/mol. The molecule has 1 fully saturated rings. The minimum absolute atomic E-state index is 0.286. The molecular formula is C35H26FNO5. The molecule has 1 spiro atoms. The SMILES string of the molecule is COc1cccc(C(=O)[C@H]2[C@H](c3cccc(OC)c3)C3(C(=O)c4ccccc4C3=O)[C@H]3C=Cc4cc(F)ccc4N23)c1. The Labute approximate surface area is 242 Å². The number of nitrogens with zero attached hydrogens (tertiary/aromatic N) is 1. The Kier molecular flexibility index (Phi) is 5.87. The van der Waals surface area contributed by atoms with Gasteiger partial charge in [-0.25, -0.2) is 4.39 Å². The van der Waals surface area contributed by atoms with E-state index in [-0.39, 0.29) is 17.3 Å². The van der Waals surface area contributed by atoms with Crippen molar-refractivity contribution in [3.05, 3.63) is 131 Å². The zero-order valence-electron chi connectivity index (χ0n) is 22.9. The smallest absolute Gasteiger partial charge is 0.186 e. The lowest BCUT2D eigenvalue weighted by Gasteiger charge is -2.37. The summed E-state index contributed by atoms with van der Waals surface area (Å²) in [4.78, 5) is 46.0. The Bertz CT molecular complexity index is 1790. The van der Waals surface area contributed by atoms with E-state index >= 15 is 0 Å². The van der Waals surface area contributed by atoms with Crippen molar-refractivity contribution in [1.82, 2.24) is 0 Å². The predicted octanol–water partition coefficient (Wildman–Crippen LogP) is 6.16. The Morgan fingerprint density at radius 3 is 2.17 bits per heavy atom. The maximum absolute atomic E-state index is 14.8. The van der Waals surface area contributed by atoms with Gasteiger partial charge in [0.2, 0.25) is 0 Å². The minimum atomic E-state index is -1.65. The van der Waals surface area contributed by atoms with Crippen LogP contribution >= 0.6 is 0 Å². The van der Waals surface area contributed by atoms with Gasteiger partial charge in [-0.05, 0) is 48.0 Å². The lowest BCUT2D eigenvalue weighted by atomic mass is 9.64. The molecule has 4 aromatic rings. The van der Waals surface area contributed by atoms with Gasteiger partial charge in [0.1, 0.15) is 28.8 Å². The van der Waals surface area contributed by atoms with E-state index in [4.69, 9.17) is 9.47 Å². The molecule has 3 atom stereocenters. The zero-order chi connectivity index (χ0) is 29.2. The van der Waals surface area contributed by atoms with Gasteiger partial charge >= 0.3 is 0 Å². The van der Waals surface area contributed by atoms with E-state index in [1.165, 1.54) is 19.2 Å². The molecule has 2 aliphatic heterocycles. The molecule has 0 saturated carbocycles. The fraction of sp³-hybridized carbons (Fsp3) is 0.171. The summed E-state index contributed by atoms with van der Waals surface area (Å²) in [7, 11) is 3.07. The molecule has 0 bridgehead atoms. The van der Waals surface area contributed by atoms with Crippen LogP contribution < -0.4 is 14.4 Å². The van der Waals surface area contributed by atoms with Crippen molar-refractivity contribution < 1.29 is 28.2 Å². The van der Waals surface area contributed by atoms with Crippen LogP contribution in [0.5, 0.6) is 11.5 Å². The fourth-order valence-electron chi connectivity index (χ4n) is 7.10. The first-order chi connectivity index (χ1) is 20.4. The molecule has 208 valence electrons. The Hall–Kier alpha value is -5.04. The molecule has 0 unspecified atom stereocenters. The highest BCUT2D eigenvalue weighted by molar-refractivity contribution is 6.32. The van der Waals surface area contributed by atoms with Crippen LogP contribution in [0, 0.1) is 11.2 Å². The molecule has 7 rings (SSSR count). The number of methoxy groups -OCH3 is 2. The second-order valence-corrected chi connectivity index (χ2v) is 10.8. The average Bonchev–Trinajstić information content (AvgIpc) is 3.46. The molecule has 0 amide bonds. The zero-order valence-corrected chi connectivity index (χ0v) is 22.9. The number of ketones is 3. The molecule has 6 nitrogen and oxygen atoms in total. The standard InChI is InChI=1S/C35H26FNO5/c1-41-24-9-5-7-21(18-24)30-31(32(38)22-8-6-10-25(19-22)42-2)37-28-15-14-23(36)17-20(28)13-16-29(37)35(30)33(39)26-11-3-4-12-27(26)34(35)40/h3-19,29-31H,1-2H3/t29-,30+,31-/m1/s1. The van der Waals surface area contributed by atoms with Gasteiger partial charge in [-0.3, -0.25) is 14.4 Å². The van der Waals surface area contributed by atoms with Crippen molar-refractivity contribution in [3.8, 4) is 11.5 Å². The number of benzene rings is 4. The summed E-state index contributed by atoms with van der Waals surface area (Å²) < 4.78 is 25.4. The van der Waals surface area contributed by atoms with Gasteiger partial charge in [0.05, 0.1) is 20.3 Å². The lowest BCUT2D eigenvalue weighted by molar-refractivity contribution is 0.0665. The number of carbonyl (C=O) groups excluding carboxylic acids is 3. The van der Waals surface area contributed by atoms with Crippen LogP contribution in [0.1, 0.15) is 48.1 Å². The van der Waals surface area contributed by atoms with E-state index < -0.39 is 29.2 Å². The average molecular weight is 560 g/mol. The van der Waals surface area contributed by atoms with Gasteiger partial charge < -0.3 is 14.4 Å². The number of anilines is 1. The van der Waals surface area contributed by atoms with Gasteiger partial charge in [-0.2, -0.15) is 0 Å². The molecule has 0 N–H and O–H groups in total. The minimum Gasteiger partial charge on any atom is -0.497 e. The van der Waals surface area contributed by atoms with Gasteiger partial charge in [-0.1, -0.05) is 60.7 Å². The Morgan fingerprint density at radius 2 is 1.48 bits per heavy atom. The summed E-state index contributed by atoms with van der Waals surface area (Å²) in [5, 5.41) is 0. The fourth-order valence-corrected chi connectivity index (χ4v) is 7.10. The van der Waals surface area contributed by atoms with Crippen LogP contribution in [-0.4, -0.2) is 43.7 Å². The number of fused-ring (bicyclic) bond motifs is 5. The largest absolute Gasteiger partial charge is 0.497 e. The summed E-state index contributed by atoms with van der Waals surface area (Å²) >= 11 is 0. The highest BCUT2D eigenvalue weighted by Gasteiger charge is 2.71. The van der Waals surface area contributed by atoms with Crippen LogP contribution in [0.2, 0.25) is 0 Å². The summed E-state index contributed by atoms with van der Waals surface area (Å²) in [6.45, 7) is 0. The van der Waals surface area contributed by atoms with Crippen molar-refractivity contribution in [2.45, 2.75) is 18.0 Å².